The predicted molar refractivity (Wildman–Crippen MR) is 52.7 cm³/mol. The van der Waals surface area contributed by atoms with Crippen molar-refractivity contribution in [1.82, 2.24) is 4.90 Å². The van der Waals surface area contributed by atoms with Crippen LogP contribution in [0, 0.1) is 0 Å². The standard InChI is InChI=1S/C8H16N2O2S/c1-2-7(9)8(11)10-3-5-13(12)6-4-10/h7H,2-6,9H2,1H3/t7-/m0/s1. The fraction of sp³-hybridized carbons (Fsp3) is 0.875. The average molecular weight is 204 g/mol. The summed E-state index contributed by atoms with van der Waals surface area (Å²) in [6.07, 6.45) is 0.665. The smallest absolute Gasteiger partial charge is 0.239 e. The first kappa shape index (κ1) is 10.7. The molecule has 1 atom stereocenters. The maximum Gasteiger partial charge on any atom is 0.239 e. The van der Waals surface area contributed by atoms with Crippen molar-refractivity contribution >= 4 is 16.7 Å². The highest BCUT2D eigenvalue weighted by Gasteiger charge is 2.23. The number of rotatable bonds is 2. The molecule has 76 valence electrons. The van der Waals surface area contributed by atoms with Gasteiger partial charge in [-0.25, -0.2) is 0 Å². The third kappa shape index (κ3) is 2.77. The van der Waals surface area contributed by atoms with Gasteiger partial charge in [-0.1, -0.05) is 6.92 Å². The molecule has 0 radical (unpaired) electrons. The second-order valence-corrected chi connectivity index (χ2v) is 4.88. The van der Waals surface area contributed by atoms with Crippen LogP contribution in [0.2, 0.25) is 0 Å². The number of hydrogen-bond donors (Lipinski definition) is 1. The molecule has 0 bridgehead atoms. The summed E-state index contributed by atoms with van der Waals surface area (Å²) in [5.74, 6) is 1.20. The molecule has 1 amide bonds. The molecule has 5 heteroatoms. The summed E-state index contributed by atoms with van der Waals surface area (Å²) in [4.78, 5) is 13.3. The Balaban J connectivity index is 2.44. The van der Waals surface area contributed by atoms with Gasteiger partial charge in [0, 0.05) is 35.4 Å². The van der Waals surface area contributed by atoms with E-state index in [0.717, 1.165) is 0 Å². The molecule has 4 nitrogen and oxygen atoms in total. The third-order valence-electron chi connectivity index (χ3n) is 2.25. The molecule has 0 aromatic carbocycles. The SMILES string of the molecule is CC[C@H](N)C(=O)N1CCS(=O)CC1. The van der Waals surface area contributed by atoms with Crippen molar-refractivity contribution in [3.05, 3.63) is 0 Å². The number of nitrogens with two attached hydrogens (primary N) is 1. The first-order valence-electron chi connectivity index (χ1n) is 4.54. The molecule has 1 aliphatic rings. The van der Waals surface area contributed by atoms with Crippen LogP contribution >= 0.6 is 0 Å². The molecule has 1 fully saturated rings. The first-order valence-corrected chi connectivity index (χ1v) is 6.03. The zero-order valence-electron chi connectivity index (χ0n) is 7.86. The van der Waals surface area contributed by atoms with Crippen LogP contribution in [0.25, 0.3) is 0 Å². The Bertz CT molecular complexity index is 210. The van der Waals surface area contributed by atoms with Crippen molar-refractivity contribution in [2.45, 2.75) is 19.4 Å². The molecule has 0 spiro atoms. The second-order valence-electron chi connectivity index (χ2n) is 3.19. The molecule has 1 heterocycles. The van der Waals surface area contributed by atoms with Crippen molar-refractivity contribution in [1.29, 1.82) is 0 Å². The molecule has 0 aromatic rings. The molecule has 0 saturated carbocycles. The maximum absolute atomic E-state index is 11.5. The van der Waals surface area contributed by atoms with E-state index in [1.807, 2.05) is 6.92 Å². The Morgan fingerprint density at radius 1 is 1.54 bits per heavy atom. The van der Waals surface area contributed by atoms with E-state index in [1.165, 1.54) is 0 Å². The van der Waals surface area contributed by atoms with Gasteiger partial charge in [-0.15, -0.1) is 0 Å². The lowest BCUT2D eigenvalue weighted by Crippen LogP contribution is -2.48. The van der Waals surface area contributed by atoms with E-state index in [9.17, 15) is 9.00 Å². The van der Waals surface area contributed by atoms with Gasteiger partial charge < -0.3 is 10.6 Å². The van der Waals surface area contributed by atoms with Gasteiger partial charge >= 0.3 is 0 Å². The van der Waals surface area contributed by atoms with Crippen LogP contribution in [0.3, 0.4) is 0 Å². The lowest BCUT2D eigenvalue weighted by Gasteiger charge is -2.28. The number of nitrogens with zero attached hydrogens (tertiary/aromatic N) is 1. The molecule has 0 unspecified atom stereocenters. The monoisotopic (exact) mass is 204 g/mol. The van der Waals surface area contributed by atoms with E-state index in [0.29, 0.717) is 31.0 Å². The van der Waals surface area contributed by atoms with Crippen molar-refractivity contribution < 1.29 is 9.00 Å². The summed E-state index contributed by atoms with van der Waals surface area (Å²) in [7, 11) is -0.727. The van der Waals surface area contributed by atoms with E-state index < -0.39 is 10.8 Å². The van der Waals surface area contributed by atoms with Gasteiger partial charge in [-0.05, 0) is 6.42 Å². The summed E-state index contributed by atoms with van der Waals surface area (Å²) in [5.41, 5.74) is 5.61. The summed E-state index contributed by atoms with van der Waals surface area (Å²) >= 11 is 0. The van der Waals surface area contributed by atoms with Gasteiger partial charge in [0.25, 0.3) is 0 Å². The molecule has 0 aromatic heterocycles. The Labute approximate surface area is 80.9 Å². The minimum absolute atomic E-state index is 0.000741. The maximum atomic E-state index is 11.5. The van der Waals surface area contributed by atoms with Crippen molar-refractivity contribution in [3.8, 4) is 0 Å². The van der Waals surface area contributed by atoms with Gasteiger partial charge in [0.1, 0.15) is 0 Å². The van der Waals surface area contributed by atoms with E-state index in [2.05, 4.69) is 0 Å². The molecule has 2 N–H and O–H groups in total. The molecular weight excluding hydrogens is 188 g/mol. The highest BCUT2D eigenvalue weighted by Crippen LogP contribution is 2.03. The van der Waals surface area contributed by atoms with Crippen molar-refractivity contribution in [2.75, 3.05) is 24.6 Å². The molecule has 1 aliphatic heterocycles. The topological polar surface area (TPSA) is 63.4 Å². The van der Waals surface area contributed by atoms with Gasteiger partial charge in [-0.2, -0.15) is 0 Å². The van der Waals surface area contributed by atoms with Gasteiger partial charge in [0.05, 0.1) is 6.04 Å². The average Bonchev–Trinajstić information content (AvgIpc) is 2.17. The third-order valence-corrected chi connectivity index (χ3v) is 3.52. The minimum atomic E-state index is -0.727. The van der Waals surface area contributed by atoms with Crippen LogP contribution in [0.15, 0.2) is 0 Å². The lowest BCUT2D eigenvalue weighted by molar-refractivity contribution is -0.132. The fourth-order valence-electron chi connectivity index (χ4n) is 1.27. The highest BCUT2D eigenvalue weighted by atomic mass is 32.2. The number of amides is 1. The van der Waals surface area contributed by atoms with Crippen molar-refractivity contribution in [3.63, 3.8) is 0 Å². The van der Waals surface area contributed by atoms with Crippen LogP contribution in [0.1, 0.15) is 13.3 Å². The molecule has 1 saturated heterocycles. The molecular formula is C8H16N2O2S. The first-order chi connectivity index (χ1) is 6.15. The quantitative estimate of drug-likeness (QED) is 0.648. The predicted octanol–water partition coefficient (Wildman–Crippen LogP) is -0.685. The second kappa shape index (κ2) is 4.72. The van der Waals surface area contributed by atoms with Crippen LogP contribution in [-0.4, -0.2) is 45.7 Å². The van der Waals surface area contributed by atoms with E-state index in [-0.39, 0.29) is 11.9 Å². The van der Waals surface area contributed by atoms with Crippen LogP contribution in [-0.2, 0) is 15.6 Å². The van der Waals surface area contributed by atoms with Crippen LogP contribution in [0.4, 0.5) is 0 Å². The van der Waals surface area contributed by atoms with Gasteiger partial charge in [0.2, 0.25) is 5.91 Å². The normalized spacial score (nSPS) is 21.5. The summed E-state index contributed by atoms with van der Waals surface area (Å²) in [6, 6.07) is -0.383. The zero-order valence-corrected chi connectivity index (χ0v) is 8.68. The van der Waals surface area contributed by atoms with E-state index in [4.69, 9.17) is 5.73 Å². The number of carbonyl (C=O) groups excluding carboxylic acids is 1. The molecule has 1 rings (SSSR count). The molecule has 13 heavy (non-hydrogen) atoms. The largest absolute Gasteiger partial charge is 0.340 e. The van der Waals surface area contributed by atoms with Crippen LogP contribution in [0.5, 0.6) is 0 Å². The van der Waals surface area contributed by atoms with E-state index >= 15 is 0 Å². The molecule has 0 aliphatic carbocycles. The summed E-state index contributed by atoms with van der Waals surface area (Å²) < 4.78 is 11.0. The Hall–Kier alpha value is -0.420. The summed E-state index contributed by atoms with van der Waals surface area (Å²) in [5, 5.41) is 0. The van der Waals surface area contributed by atoms with Crippen LogP contribution < -0.4 is 5.73 Å². The highest BCUT2D eigenvalue weighted by molar-refractivity contribution is 7.85. The van der Waals surface area contributed by atoms with E-state index in [1.54, 1.807) is 4.90 Å². The minimum Gasteiger partial charge on any atom is -0.340 e. The number of carbonyl (C=O) groups is 1. The Morgan fingerprint density at radius 2 is 2.08 bits per heavy atom. The Morgan fingerprint density at radius 3 is 2.54 bits per heavy atom. The summed E-state index contributed by atoms with van der Waals surface area (Å²) in [6.45, 7) is 3.09. The fourth-order valence-corrected chi connectivity index (χ4v) is 2.32. The zero-order chi connectivity index (χ0) is 9.84. The van der Waals surface area contributed by atoms with Gasteiger partial charge in [0.15, 0.2) is 0 Å². The lowest BCUT2D eigenvalue weighted by atomic mass is 10.2. The van der Waals surface area contributed by atoms with Crippen molar-refractivity contribution in [2.24, 2.45) is 5.73 Å². The van der Waals surface area contributed by atoms with Gasteiger partial charge in [-0.3, -0.25) is 9.00 Å². The number of hydrogen-bond acceptors (Lipinski definition) is 3. The Kier molecular flexibility index (Phi) is 3.87.